The van der Waals surface area contributed by atoms with E-state index in [0.717, 1.165) is 4.79 Å². The summed E-state index contributed by atoms with van der Waals surface area (Å²) >= 11 is 0. The second-order valence-electron chi connectivity index (χ2n) is 2.08. The molecule has 0 aliphatic heterocycles. The van der Waals surface area contributed by atoms with Gasteiger partial charge in [-0.3, -0.25) is 0 Å². The highest BCUT2D eigenvalue weighted by molar-refractivity contribution is 5.84. The second kappa shape index (κ2) is 3.42. The molecular weight excluding hydrogens is 190 g/mol. The average Bonchev–Trinajstić information content (AvgIpc) is 2.76. The lowest BCUT2D eigenvalue weighted by Crippen LogP contribution is -2.31. The molecule has 0 radical (unpaired) electrons. The standard InChI is InChI=1S/C3H5N11/c4-3(7-13-1-5-9-11-13)8-14-2-6-10-12-14/h1-2H,(H3,4,7,8). The number of hydrogen-bond acceptors (Lipinski definition) is 7. The third-order valence-corrected chi connectivity index (χ3v) is 1.13. The summed E-state index contributed by atoms with van der Waals surface area (Å²) in [6.45, 7) is 0. The lowest BCUT2D eigenvalue weighted by molar-refractivity contribution is 0.680. The van der Waals surface area contributed by atoms with Crippen LogP contribution in [0.3, 0.4) is 0 Å². The third-order valence-electron chi connectivity index (χ3n) is 1.13. The molecule has 0 amide bonds. The van der Waals surface area contributed by atoms with E-state index >= 15 is 0 Å². The van der Waals surface area contributed by atoms with Gasteiger partial charge in [0.1, 0.15) is 0 Å². The number of rotatable bonds is 2. The summed E-state index contributed by atoms with van der Waals surface area (Å²) in [5.74, 6) is 0.0459. The van der Waals surface area contributed by atoms with Gasteiger partial charge >= 0.3 is 0 Å². The number of nitrogens with zero attached hydrogens (tertiary/aromatic N) is 9. The van der Waals surface area contributed by atoms with Crippen molar-refractivity contribution in [2.24, 2.45) is 10.8 Å². The van der Waals surface area contributed by atoms with Gasteiger partial charge in [-0.2, -0.15) is 0 Å². The zero-order valence-corrected chi connectivity index (χ0v) is 6.76. The molecule has 11 heteroatoms. The first-order valence-electron chi connectivity index (χ1n) is 3.42. The largest absolute Gasteiger partial charge is 0.367 e. The van der Waals surface area contributed by atoms with Gasteiger partial charge in [0.25, 0.3) is 0 Å². The number of nitrogens with two attached hydrogens (primary N) is 1. The zero-order valence-electron chi connectivity index (χ0n) is 6.76. The third kappa shape index (κ3) is 1.77. The molecule has 0 aliphatic carbocycles. The van der Waals surface area contributed by atoms with Crippen LogP contribution < -0.4 is 11.2 Å². The van der Waals surface area contributed by atoms with Crippen LogP contribution in [0.2, 0.25) is 0 Å². The molecule has 0 aliphatic rings. The van der Waals surface area contributed by atoms with Gasteiger partial charge in [-0.1, -0.05) is 0 Å². The predicted molar refractivity (Wildman–Crippen MR) is 42.0 cm³/mol. The molecule has 14 heavy (non-hydrogen) atoms. The molecule has 72 valence electrons. The van der Waals surface area contributed by atoms with E-state index in [1.54, 1.807) is 0 Å². The van der Waals surface area contributed by atoms with Crippen molar-refractivity contribution < 1.29 is 0 Å². The summed E-state index contributed by atoms with van der Waals surface area (Å²) in [6, 6.07) is 0. The van der Waals surface area contributed by atoms with E-state index < -0.39 is 0 Å². The number of tetrazole rings is 2. The van der Waals surface area contributed by atoms with Crippen molar-refractivity contribution in [2.45, 2.75) is 0 Å². The summed E-state index contributed by atoms with van der Waals surface area (Å²) in [5, 5.41) is 24.2. The Bertz CT molecular complexity index is 396. The molecule has 0 spiro atoms. The average molecular weight is 195 g/mol. The van der Waals surface area contributed by atoms with Crippen LogP contribution in [-0.4, -0.2) is 46.6 Å². The van der Waals surface area contributed by atoms with Gasteiger partial charge in [0.15, 0.2) is 12.7 Å². The van der Waals surface area contributed by atoms with Crippen molar-refractivity contribution in [1.29, 1.82) is 0 Å². The van der Waals surface area contributed by atoms with Gasteiger partial charge in [0.2, 0.25) is 5.96 Å². The number of hydrogen-bond donors (Lipinski definition) is 2. The molecule has 0 saturated heterocycles. The van der Waals surface area contributed by atoms with E-state index in [9.17, 15) is 0 Å². The molecule has 0 unspecified atom stereocenters. The summed E-state index contributed by atoms with van der Waals surface area (Å²) < 4.78 is 0. The van der Waals surface area contributed by atoms with Crippen LogP contribution in [0.4, 0.5) is 0 Å². The topological polar surface area (TPSA) is 138 Å². The molecule has 2 rings (SSSR count). The molecule has 3 N–H and O–H groups in total. The van der Waals surface area contributed by atoms with Crippen LogP contribution in [0.15, 0.2) is 17.8 Å². The molecule has 11 nitrogen and oxygen atoms in total. The van der Waals surface area contributed by atoms with Gasteiger partial charge in [-0.15, -0.1) is 24.9 Å². The monoisotopic (exact) mass is 195 g/mol. The predicted octanol–water partition coefficient (Wildman–Crippen LogP) is -3.02. The SMILES string of the molecule is N/C(=N\n1cnnn1)Nn1cnnn1. The van der Waals surface area contributed by atoms with Crippen LogP contribution in [-0.2, 0) is 0 Å². The molecule has 0 fully saturated rings. The van der Waals surface area contributed by atoms with E-state index in [2.05, 4.69) is 41.6 Å². The van der Waals surface area contributed by atoms with Crippen molar-refractivity contribution in [3.8, 4) is 0 Å². The Morgan fingerprint density at radius 2 is 2.00 bits per heavy atom. The summed E-state index contributed by atoms with van der Waals surface area (Å²) in [4.78, 5) is 2.27. The van der Waals surface area contributed by atoms with Gasteiger partial charge in [0.05, 0.1) is 0 Å². The Balaban J connectivity index is 2.06. The molecule has 0 saturated carbocycles. The maximum atomic E-state index is 5.46. The summed E-state index contributed by atoms with van der Waals surface area (Å²) in [7, 11) is 0. The number of guanidine groups is 1. The van der Waals surface area contributed by atoms with E-state index in [4.69, 9.17) is 5.73 Å². The normalized spacial score (nSPS) is 11.6. The highest BCUT2D eigenvalue weighted by atomic mass is 15.7. The quantitative estimate of drug-likeness (QED) is 0.381. The van der Waals surface area contributed by atoms with E-state index in [1.165, 1.54) is 17.4 Å². The van der Waals surface area contributed by atoms with Gasteiger partial charge in [-0.05, 0) is 20.9 Å². The zero-order chi connectivity index (χ0) is 9.80. The maximum Gasteiger partial charge on any atom is 0.234 e. The molecule has 0 aromatic carbocycles. The fraction of sp³-hybridized carbons (Fsp3) is 0. The Hall–Kier alpha value is -2.59. The Labute approximate surface area is 76.5 Å². The molecular formula is C3H5N11. The number of nitrogens with one attached hydrogen (secondary N) is 1. The lowest BCUT2D eigenvalue weighted by Gasteiger charge is -2.00. The Morgan fingerprint density at radius 1 is 1.21 bits per heavy atom. The first-order valence-corrected chi connectivity index (χ1v) is 3.42. The van der Waals surface area contributed by atoms with Crippen molar-refractivity contribution in [2.75, 3.05) is 5.43 Å². The first kappa shape index (κ1) is 8.03. The smallest absolute Gasteiger partial charge is 0.234 e. The molecule has 2 aromatic rings. The van der Waals surface area contributed by atoms with Crippen LogP contribution >= 0.6 is 0 Å². The van der Waals surface area contributed by atoms with Gasteiger partial charge in [0, 0.05) is 0 Å². The number of aromatic nitrogens is 8. The van der Waals surface area contributed by atoms with E-state index in [-0.39, 0.29) is 5.96 Å². The van der Waals surface area contributed by atoms with E-state index in [0.29, 0.717) is 0 Å². The first-order chi connectivity index (χ1) is 6.84. The van der Waals surface area contributed by atoms with Gasteiger partial charge < -0.3 is 5.73 Å². The fourth-order valence-electron chi connectivity index (χ4n) is 0.665. The highest BCUT2D eigenvalue weighted by Gasteiger charge is 1.95. The fourth-order valence-corrected chi connectivity index (χ4v) is 0.665. The lowest BCUT2D eigenvalue weighted by atomic mass is 11.1. The minimum absolute atomic E-state index is 0.0459. The van der Waals surface area contributed by atoms with Crippen LogP contribution in [0.25, 0.3) is 0 Å². The summed E-state index contributed by atoms with van der Waals surface area (Å²) in [5.41, 5.74) is 8.01. The Kier molecular flexibility index (Phi) is 1.96. The van der Waals surface area contributed by atoms with Crippen molar-refractivity contribution in [3.05, 3.63) is 12.7 Å². The minimum Gasteiger partial charge on any atom is -0.367 e. The Morgan fingerprint density at radius 3 is 2.64 bits per heavy atom. The molecule has 0 bridgehead atoms. The van der Waals surface area contributed by atoms with Crippen LogP contribution in [0, 0.1) is 0 Å². The van der Waals surface area contributed by atoms with Gasteiger partial charge in [-0.25, -0.2) is 5.43 Å². The highest BCUT2D eigenvalue weighted by Crippen LogP contribution is 1.75. The molecule has 0 atom stereocenters. The van der Waals surface area contributed by atoms with E-state index in [1.807, 2.05) is 0 Å². The second-order valence-corrected chi connectivity index (χ2v) is 2.08. The van der Waals surface area contributed by atoms with Crippen LogP contribution in [0.1, 0.15) is 0 Å². The van der Waals surface area contributed by atoms with Crippen molar-refractivity contribution >= 4 is 5.96 Å². The summed E-state index contributed by atoms with van der Waals surface area (Å²) in [6.07, 6.45) is 2.61. The van der Waals surface area contributed by atoms with Crippen LogP contribution in [0.5, 0.6) is 0 Å². The molecule has 2 aromatic heterocycles. The molecule has 2 heterocycles. The van der Waals surface area contributed by atoms with Crippen molar-refractivity contribution in [1.82, 2.24) is 40.6 Å². The van der Waals surface area contributed by atoms with Crippen molar-refractivity contribution in [3.63, 3.8) is 0 Å². The maximum absolute atomic E-state index is 5.46. The minimum atomic E-state index is 0.0459.